The van der Waals surface area contributed by atoms with Gasteiger partial charge in [0.15, 0.2) is 5.96 Å². The number of rotatable bonds is 3. The third-order valence-electron chi connectivity index (χ3n) is 4.21. The van der Waals surface area contributed by atoms with Gasteiger partial charge >= 0.3 is 0 Å². The number of hydrogen-bond acceptors (Lipinski definition) is 3. The molecule has 0 spiro atoms. The molecular formula is C15H22IN3. The Bertz CT molecular complexity index is 480. The maximum Gasteiger partial charge on any atom is 0.193 e. The molecule has 0 saturated heterocycles. The van der Waals surface area contributed by atoms with Crippen LogP contribution in [0.3, 0.4) is 0 Å². The number of aliphatic imine (C=N–C) groups is 1. The number of nitrogens with zero attached hydrogens (tertiary/aromatic N) is 2. The minimum atomic E-state index is 0. The smallest absolute Gasteiger partial charge is 0.193 e. The second kappa shape index (κ2) is 5.69. The lowest BCUT2D eigenvalue weighted by atomic mass is 9.92. The van der Waals surface area contributed by atoms with Gasteiger partial charge in [-0.3, -0.25) is 4.99 Å². The van der Waals surface area contributed by atoms with E-state index in [0.29, 0.717) is 5.41 Å². The maximum atomic E-state index is 4.50. The summed E-state index contributed by atoms with van der Waals surface area (Å²) >= 11 is 0. The van der Waals surface area contributed by atoms with Crippen LogP contribution in [-0.2, 0) is 5.41 Å². The van der Waals surface area contributed by atoms with Gasteiger partial charge in [0, 0.05) is 25.6 Å². The number of benzene rings is 1. The SMILES string of the molecule is Cc1ccccc1C1(CNC2=NCCN2C)CC1.I. The van der Waals surface area contributed by atoms with Gasteiger partial charge in [-0.2, -0.15) is 0 Å². The van der Waals surface area contributed by atoms with E-state index in [9.17, 15) is 0 Å². The molecule has 3 rings (SSSR count). The van der Waals surface area contributed by atoms with E-state index in [1.54, 1.807) is 0 Å². The van der Waals surface area contributed by atoms with E-state index in [1.807, 2.05) is 0 Å². The highest BCUT2D eigenvalue weighted by Gasteiger charge is 2.45. The molecule has 2 aliphatic rings. The van der Waals surface area contributed by atoms with Crippen LogP contribution in [0, 0.1) is 6.92 Å². The second-order valence-corrected chi connectivity index (χ2v) is 5.58. The van der Waals surface area contributed by atoms with Gasteiger partial charge < -0.3 is 10.2 Å². The minimum Gasteiger partial charge on any atom is -0.355 e. The lowest BCUT2D eigenvalue weighted by molar-refractivity contribution is 0.523. The molecule has 0 unspecified atom stereocenters. The van der Waals surface area contributed by atoms with Gasteiger partial charge in [0.1, 0.15) is 0 Å². The molecule has 0 bridgehead atoms. The highest BCUT2D eigenvalue weighted by Crippen LogP contribution is 2.48. The van der Waals surface area contributed by atoms with Crippen molar-refractivity contribution in [2.75, 3.05) is 26.7 Å². The third-order valence-corrected chi connectivity index (χ3v) is 4.21. The number of halogens is 1. The Balaban J connectivity index is 0.00000133. The fourth-order valence-electron chi connectivity index (χ4n) is 2.83. The van der Waals surface area contributed by atoms with Crippen LogP contribution in [0.15, 0.2) is 29.3 Å². The van der Waals surface area contributed by atoms with E-state index in [0.717, 1.165) is 25.6 Å². The number of likely N-dealkylation sites (N-methyl/N-ethyl adjacent to an activating group) is 1. The molecule has 0 amide bonds. The molecule has 0 radical (unpaired) electrons. The topological polar surface area (TPSA) is 27.6 Å². The van der Waals surface area contributed by atoms with Gasteiger partial charge in [-0.25, -0.2) is 0 Å². The average molecular weight is 371 g/mol. The molecule has 1 heterocycles. The first-order valence-electron chi connectivity index (χ1n) is 6.77. The number of nitrogens with one attached hydrogen (secondary N) is 1. The normalized spacial score (nSPS) is 19.7. The molecule has 3 nitrogen and oxygen atoms in total. The van der Waals surface area contributed by atoms with E-state index >= 15 is 0 Å². The van der Waals surface area contributed by atoms with Crippen molar-refractivity contribution in [1.82, 2.24) is 10.2 Å². The summed E-state index contributed by atoms with van der Waals surface area (Å²) in [5, 5.41) is 3.54. The predicted molar refractivity (Wildman–Crippen MR) is 90.4 cm³/mol. The van der Waals surface area contributed by atoms with Crippen LogP contribution < -0.4 is 5.32 Å². The summed E-state index contributed by atoms with van der Waals surface area (Å²) in [5.74, 6) is 1.06. The maximum absolute atomic E-state index is 4.50. The van der Waals surface area contributed by atoms with Gasteiger partial charge in [-0.05, 0) is 30.9 Å². The van der Waals surface area contributed by atoms with Gasteiger partial charge in [-0.1, -0.05) is 24.3 Å². The van der Waals surface area contributed by atoms with Gasteiger partial charge in [0.2, 0.25) is 0 Å². The molecule has 104 valence electrons. The van der Waals surface area contributed by atoms with Crippen molar-refractivity contribution in [3.8, 4) is 0 Å². The van der Waals surface area contributed by atoms with Crippen molar-refractivity contribution in [3.05, 3.63) is 35.4 Å². The molecule has 1 aliphatic carbocycles. The molecular weight excluding hydrogens is 349 g/mol. The van der Waals surface area contributed by atoms with Crippen LogP contribution in [0.5, 0.6) is 0 Å². The lowest BCUT2D eigenvalue weighted by Gasteiger charge is -2.22. The summed E-state index contributed by atoms with van der Waals surface area (Å²) in [6, 6.07) is 8.78. The summed E-state index contributed by atoms with van der Waals surface area (Å²) in [7, 11) is 2.10. The zero-order valence-electron chi connectivity index (χ0n) is 11.6. The van der Waals surface area contributed by atoms with Crippen LogP contribution in [0.1, 0.15) is 24.0 Å². The van der Waals surface area contributed by atoms with E-state index in [1.165, 1.54) is 24.0 Å². The molecule has 0 atom stereocenters. The van der Waals surface area contributed by atoms with Gasteiger partial charge in [0.05, 0.1) is 6.54 Å². The standard InChI is InChI=1S/C15H21N3.HI/c1-12-5-3-4-6-13(12)15(7-8-15)11-17-14-16-9-10-18(14)2;/h3-6H,7-11H2,1-2H3,(H,16,17);1H. The highest BCUT2D eigenvalue weighted by molar-refractivity contribution is 14.0. The Morgan fingerprint density at radius 1 is 1.32 bits per heavy atom. The van der Waals surface area contributed by atoms with E-state index in [4.69, 9.17) is 0 Å². The first kappa shape index (κ1) is 14.6. The summed E-state index contributed by atoms with van der Waals surface area (Å²) < 4.78 is 0. The Hall–Kier alpha value is -0.780. The van der Waals surface area contributed by atoms with Crippen LogP contribution >= 0.6 is 24.0 Å². The molecule has 0 aromatic heterocycles. The van der Waals surface area contributed by atoms with Crippen molar-refractivity contribution < 1.29 is 0 Å². The third kappa shape index (κ3) is 2.88. The summed E-state index contributed by atoms with van der Waals surface area (Å²) in [5.41, 5.74) is 3.29. The fraction of sp³-hybridized carbons (Fsp3) is 0.533. The largest absolute Gasteiger partial charge is 0.355 e. The Morgan fingerprint density at radius 2 is 2.05 bits per heavy atom. The quantitative estimate of drug-likeness (QED) is 0.827. The predicted octanol–water partition coefficient (Wildman–Crippen LogP) is 2.54. The molecule has 4 heteroatoms. The second-order valence-electron chi connectivity index (χ2n) is 5.58. The highest BCUT2D eigenvalue weighted by atomic mass is 127. The Kier molecular flexibility index (Phi) is 4.38. The van der Waals surface area contributed by atoms with Gasteiger partial charge in [-0.15, -0.1) is 24.0 Å². The first-order valence-corrected chi connectivity index (χ1v) is 6.77. The van der Waals surface area contributed by atoms with Crippen molar-refractivity contribution in [2.45, 2.75) is 25.2 Å². The number of aryl methyl sites for hydroxylation is 1. The van der Waals surface area contributed by atoms with E-state index in [-0.39, 0.29) is 24.0 Å². The number of hydrogen-bond donors (Lipinski definition) is 1. The van der Waals surface area contributed by atoms with Crippen LogP contribution in [0.4, 0.5) is 0 Å². The van der Waals surface area contributed by atoms with Gasteiger partial charge in [0.25, 0.3) is 0 Å². The number of guanidine groups is 1. The average Bonchev–Trinajstić information content (AvgIpc) is 3.05. The zero-order chi connectivity index (χ0) is 12.6. The van der Waals surface area contributed by atoms with Crippen LogP contribution in [-0.4, -0.2) is 37.5 Å². The van der Waals surface area contributed by atoms with Crippen molar-refractivity contribution in [3.63, 3.8) is 0 Å². The van der Waals surface area contributed by atoms with E-state index < -0.39 is 0 Å². The lowest BCUT2D eigenvalue weighted by Crippen LogP contribution is -2.39. The molecule has 1 N–H and O–H groups in total. The molecule has 1 aromatic rings. The zero-order valence-corrected chi connectivity index (χ0v) is 14.0. The van der Waals surface area contributed by atoms with Crippen LogP contribution in [0.2, 0.25) is 0 Å². The monoisotopic (exact) mass is 371 g/mol. The molecule has 19 heavy (non-hydrogen) atoms. The Labute approximate surface area is 132 Å². The first-order chi connectivity index (χ1) is 8.71. The summed E-state index contributed by atoms with van der Waals surface area (Å²) in [6.07, 6.45) is 2.59. The molecule has 1 aromatic carbocycles. The van der Waals surface area contributed by atoms with E-state index in [2.05, 4.69) is 53.4 Å². The van der Waals surface area contributed by atoms with Crippen LogP contribution in [0.25, 0.3) is 0 Å². The molecule has 1 saturated carbocycles. The van der Waals surface area contributed by atoms with Crippen molar-refractivity contribution >= 4 is 29.9 Å². The van der Waals surface area contributed by atoms with Crippen molar-refractivity contribution in [1.29, 1.82) is 0 Å². The summed E-state index contributed by atoms with van der Waals surface area (Å²) in [6.45, 7) is 5.20. The summed E-state index contributed by atoms with van der Waals surface area (Å²) in [4.78, 5) is 6.70. The molecule has 1 aliphatic heterocycles. The minimum absolute atomic E-state index is 0. The molecule has 1 fully saturated rings. The fourth-order valence-corrected chi connectivity index (χ4v) is 2.83. The Morgan fingerprint density at radius 3 is 2.63 bits per heavy atom. The van der Waals surface area contributed by atoms with Crippen molar-refractivity contribution in [2.24, 2.45) is 4.99 Å².